The van der Waals surface area contributed by atoms with Crippen LogP contribution in [0.4, 0.5) is 4.79 Å². The third-order valence-electron chi connectivity index (χ3n) is 7.34. The molecule has 8 nitrogen and oxygen atoms in total. The van der Waals surface area contributed by atoms with E-state index in [0.717, 1.165) is 31.8 Å². The van der Waals surface area contributed by atoms with Crippen molar-refractivity contribution in [2.75, 3.05) is 45.9 Å². The summed E-state index contributed by atoms with van der Waals surface area (Å²) >= 11 is 0. The van der Waals surface area contributed by atoms with Gasteiger partial charge in [-0.2, -0.15) is 5.26 Å². The van der Waals surface area contributed by atoms with Crippen molar-refractivity contribution < 1.29 is 14.3 Å². The minimum Gasteiger partial charge on any atom is -0.378 e. The smallest absolute Gasteiger partial charge is 0.318 e. The first-order valence-corrected chi connectivity index (χ1v) is 12.2. The maximum atomic E-state index is 13.4. The van der Waals surface area contributed by atoms with Gasteiger partial charge in [0.15, 0.2) is 0 Å². The van der Waals surface area contributed by atoms with Crippen LogP contribution in [0, 0.1) is 23.2 Å². The summed E-state index contributed by atoms with van der Waals surface area (Å²) in [5.41, 5.74) is -0.847. The van der Waals surface area contributed by atoms with Gasteiger partial charge in [0.05, 0.1) is 19.3 Å². The number of nitriles is 1. The van der Waals surface area contributed by atoms with Crippen molar-refractivity contribution in [3.8, 4) is 6.07 Å². The Hall–Kier alpha value is -1.85. The molecule has 0 aromatic carbocycles. The molecule has 4 aliphatic rings. The van der Waals surface area contributed by atoms with Crippen LogP contribution in [-0.4, -0.2) is 79.3 Å². The summed E-state index contributed by atoms with van der Waals surface area (Å²) in [6.07, 6.45) is 9.69. The topological polar surface area (TPSA) is 97.7 Å². The normalized spacial score (nSPS) is 28.7. The fraction of sp³-hybridized carbons (Fsp3) is 0.870. The maximum absolute atomic E-state index is 13.4. The first-order chi connectivity index (χ1) is 15.1. The summed E-state index contributed by atoms with van der Waals surface area (Å²) < 4.78 is 5.34. The first kappa shape index (κ1) is 22.3. The highest BCUT2D eigenvalue weighted by atomic mass is 16.5. The minimum absolute atomic E-state index is 0.202. The Labute approximate surface area is 185 Å². The molecule has 0 bridgehead atoms. The number of carbonyl (C=O) groups is 2. The molecule has 2 N–H and O–H groups in total. The summed E-state index contributed by atoms with van der Waals surface area (Å²) in [4.78, 5) is 30.2. The molecule has 2 atom stereocenters. The maximum Gasteiger partial charge on any atom is 0.318 e. The first-order valence-electron chi connectivity index (χ1n) is 12.2. The molecule has 8 heteroatoms. The van der Waals surface area contributed by atoms with Crippen molar-refractivity contribution in [2.24, 2.45) is 11.8 Å². The minimum atomic E-state index is -0.847. The molecular weight excluding hydrogens is 394 g/mol. The lowest BCUT2D eigenvalue weighted by Gasteiger charge is -2.32. The van der Waals surface area contributed by atoms with Crippen molar-refractivity contribution >= 4 is 11.9 Å². The summed E-state index contributed by atoms with van der Waals surface area (Å²) in [5.74, 6) is 1.00. The molecule has 2 saturated carbocycles. The quantitative estimate of drug-likeness (QED) is 0.641. The van der Waals surface area contributed by atoms with Gasteiger partial charge in [0.1, 0.15) is 11.6 Å². The number of amides is 3. The second kappa shape index (κ2) is 10.2. The van der Waals surface area contributed by atoms with Gasteiger partial charge < -0.3 is 20.3 Å². The van der Waals surface area contributed by atoms with Crippen LogP contribution in [0.1, 0.15) is 57.8 Å². The van der Waals surface area contributed by atoms with Crippen molar-refractivity contribution in [3.05, 3.63) is 0 Å². The molecule has 2 aliphatic heterocycles. The van der Waals surface area contributed by atoms with Gasteiger partial charge in [-0.3, -0.25) is 9.69 Å². The van der Waals surface area contributed by atoms with Crippen LogP contribution in [0.5, 0.6) is 0 Å². The van der Waals surface area contributed by atoms with E-state index in [1.54, 1.807) is 4.90 Å². The predicted octanol–water partition coefficient (Wildman–Crippen LogP) is 1.86. The Balaban J connectivity index is 1.39. The number of nitrogens with zero attached hydrogens (tertiary/aromatic N) is 3. The summed E-state index contributed by atoms with van der Waals surface area (Å²) in [7, 11) is 0. The number of morpholine rings is 1. The molecule has 2 saturated heterocycles. The molecule has 3 amide bonds. The number of urea groups is 1. The van der Waals surface area contributed by atoms with Gasteiger partial charge in [-0.25, -0.2) is 4.79 Å². The van der Waals surface area contributed by atoms with Crippen LogP contribution < -0.4 is 10.6 Å². The zero-order valence-electron chi connectivity index (χ0n) is 18.6. The average molecular weight is 432 g/mol. The molecule has 4 rings (SSSR count). The molecule has 0 spiro atoms. The van der Waals surface area contributed by atoms with Crippen LogP contribution >= 0.6 is 0 Å². The van der Waals surface area contributed by atoms with E-state index in [-0.39, 0.29) is 11.9 Å². The van der Waals surface area contributed by atoms with E-state index in [1.165, 1.54) is 32.1 Å². The van der Waals surface area contributed by atoms with E-state index >= 15 is 0 Å². The van der Waals surface area contributed by atoms with Crippen molar-refractivity contribution in [1.29, 1.82) is 5.26 Å². The van der Waals surface area contributed by atoms with Gasteiger partial charge in [-0.1, -0.05) is 32.1 Å². The molecule has 0 aromatic rings. The number of rotatable bonds is 7. The summed E-state index contributed by atoms with van der Waals surface area (Å²) in [5, 5.41) is 16.0. The molecule has 0 radical (unpaired) electrons. The van der Waals surface area contributed by atoms with E-state index < -0.39 is 11.6 Å². The van der Waals surface area contributed by atoms with Crippen LogP contribution in [0.25, 0.3) is 0 Å². The zero-order valence-corrected chi connectivity index (χ0v) is 18.6. The van der Waals surface area contributed by atoms with Gasteiger partial charge in [0, 0.05) is 32.7 Å². The Morgan fingerprint density at radius 1 is 1.06 bits per heavy atom. The summed E-state index contributed by atoms with van der Waals surface area (Å²) in [6.45, 7) is 4.60. The van der Waals surface area contributed by atoms with Gasteiger partial charge in [-0.05, 0) is 37.5 Å². The van der Waals surface area contributed by atoms with Gasteiger partial charge in [-0.15, -0.1) is 0 Å². The number of nitrogens with one attached hydrogen (secondary N) is 2. The number of hydrogen-bond acceptors (Lipinski definition) is 5. The number of carbonyl (C=O) groups excluding carboxylic acids is 2. The largest absolute Gasteiger partial charge is 0.378 e. The van der Waals surface area contributed by atoms with Crippen molar-refractivity contribution in [1.82, 2.24) is 20.4 Å². The SMILES string of the molecule is N#CC1(NC(=O)[C@H](CC2CCCCC2)NC(=O)N2CCOCC2)CCN(CC2CC2)C1. The third kappa shape index (κ3) is 6.11. The predicted molar refractivity (Wildman–Crippen MR) is 116 cm³/mol. The second-order valence-electron chi connectivity index (χ2n) is 9.95. The Kier molecular flexibility index (Phi) is 7.34. The standard InChI is InChI=1S/C23H37N5O3/c24-16-23(8-9-27(17-23)15-19-6-7-19)26-21(29)20(14-18-4-2-1-3-5-18)25-22(30)28-10-12-31-13-11-28/h18-20H,1-15,17H2,(H,25,30)(H,26,29)/t20-,23?/m0/s1. The molecule has 2 aliphatic carbocycles. The van der Waals surface area contributed by atoms with Gasteiger partial charge in [0.25, 0.3) is 0 Å². The molecule has 4 fully saturated rings. The Morgan fingerprint density at radius 3 is 2.48 bits per heavy atom. The zero-order chi connectivity index (χ0) is 21.7. The van der Waals surface area contributed by atoms with E-state index in [0.29, 0.717) is 51.6 Å². The molecule has 1 unspecified atom stereocenters. The summed E-state index contributed by atoms with van der Waals surface area (Å²) in [6, 6.07) is 1.60. The van der Waals surface area contributed by atoms with Gasteiger partial charge in [0.2, 0.25) is 5.91 Å². The lowest BCUT2D eigenvalue weighted by molar-refractivity contribution is -0.124. The van der Waals surface area contributed by atoms with E-state index in [2.05, 4.69) is 21.6 Å². The fourth-order valence-corrected chi connectivity index (χ4v) is 5.25. The highest BCUT2D eigenvalue weighted by Gasteiger charge is 2.42. The molecule has 31 heavy (non-hydrogen) atoms. The number of hydrogen-bond donors (Lipinski definition) is 2. The lowest BCUT2D eigenvalue weighted by atomic mass is 9.84. The van der Waals surface area contributed by atoms with Crippen LogP contribution in [-0.2, 0) is 9.53 Å². The number of likely N-dealkylation sites (tertiary alicyclic amines) is 1. The Bertz CT molecular complexity index is 679. The molecule has 0 aromatic heterocycles. The van der Waals surface area contributed by atoms with Crippen molar-refractivity contribution in [3.63, 3.8) is 0 Å². The van der Waals surface area contributed by atoms with Gasteiger partial charge >= 0.3 is 6.03 Å². The second-order valence-corrected chi connectivity index (χ2v) is 9.95. The van der Waals surface area contributed by atoms with Crippen LogP contribution in [0.3, 0.4) is 0 Å². The highest BCUT2D eigenvalue weighted by Crippen LogP contribution is 2.32. The van der Waals surface area contributed by atoms with E-state index in [1.807, 2.05) is 0 Å². The highest BCUT2D eigenvalue weighted by molar-refractivity contribution is 5.88. The van der Waals surface area contributed by atoms with E-state index in [4.69, 9.17) is 4.74 Å². The molecule has 2 heterocycles. The average Bonchev–Trinajstić information content (AvgIpc) is 3.53. The molecular formula is C23H37N5O3. The lowest BCUT2D eigenvalue weighted by Crippen LogP contribution is -2.58. The number of ether oxygens (including phenoxy) is 1. The van der Waals surface area contributed by atoms with Crippen molar-refractivity contribution in [2.45, 2.75) is 69.4 Å². The van der Waals surface area contributed by atoms with E-state index in [9.17, 15) is 14.9 Å². The third-order valence-corrected chi connectivity index (χ3v) is 7.34. The fourth-order valence-electron chi connectivity index (χ4n) is 5.25. The van der Waals surface area contributed by atoms with Crippen LogP contribution in [0.2, 0.25) is 0 Å². The van der Waals surface area contributed by atoms with Crippen LogP contribution in [0.15, 0.2) is 0 Å². The Morgan fingerprint density at radius 2 is 1.81 bits per heavy atom. The molecule has 172 valence electrons. The monoisotopic (exact) mass is 431 g/mol.